The zero-order chi connectivity index (χ0) is 22.1. The van der Waals surface area contributed by atoms with Crippen molar-refractivity contribution in [3.05, 3.63) is 102 Å². The van der Waals surface area contributed by atoms with Crippen LogP contribution in [0, 0.1) is 12.7 Å². The summed E-state index contributed by atoms with van der Waals surface area (Å²) in [6.07, 6.45) is 3.31. The molecule has 0 fully saturated rings. The van der Waals surface area contributed by atoms with Gasteiger partial charge in [-0.1, -0.05) is 29.8 Å². The number of hydrogen-bond donors (Lipinski definition) is 1. The van der Waals surface area contributed by atoms with Crippen LogP contribution in [0.1, 0.15) is 15.9 Å². The number of aromatic nitrogens is 4. The summed E-state index contributed by atoms with van der Waals surface area (Å²) in [6, 6.07) is 20.9. The first-order valence-electron chi connectivity index (χ1n) is 10.0. The van der Waals surface area contributed by atoms with Crippen LogP contribution in [0.25, 0.3) is 28.2 Å². The summed E-state index contributed by atoms with van der Waals surface area (Å²) < 4.78 is 15.3. The summed E-state index contributed by atoms with van der Waals surface area (Å²) in [6.45, 7) is 2.03. The monoisotopic (exact) mass is 423 g/mol. The number of nitrogens with one attached hydrogen (secondary N) is 1. The first-order valence-corrected chi connectivity index (χ1v) is 10.0. The van der Waals surface area contributed by atoms with E-state index in [1.807, 2.05) is 43.3 Å². The van der Waals surface area contributed by atoms with Gasteiger partial charge in [0.2, 0.25) is 0 Å². The minimum absolute atomic E-state index is 0.217. The predicted octanol–water partition coefficient (Wildman–Crippen LogP) is 5.16. The van der Waals surface area contributed by atoms with Crippen molar-refractivity contribution in [2.45, 2.75) is 6.92 Å². The Kier molecular flexibility index (Phi) is 4.91. The highest BCUT2D eigenvalue weighted by atomic mass is 19.1. The first-order chi connectivity index (χ1) is 15.6. The smallest absolute Gasteiger partial charge is 0.256 e. The van der Waals surface area contributed by atoms with E-state index in [-0.39, 0.29) is 5.56 Å². The van der Waals surface area contributed by atoms with Crippen molar-refractivity contribution in [1.29, 1.82) is 0 Å². The lowest BCUT2D eigenvalue weighted by molar-refractivity contribution is 0.102. The average molecular weight is 423 g/mol. The molecule has 0 saturated heterocycles. The van der Waals surface area contributed by atoms with Crippen molar-refractivity contribution in [3.63, 3.8) is 0 Å². The van der Waals surface area contributed by atoms with Gasteiger partial charge in [-0.15, -0.1) is 0 Å². The maximum absolute atomic E-state index is 13.5. The third-order valence-electron chi connectivity index (χ3n) is 5.05. The van der Waals surface area contributed by atoms with Gasteiger partial charge < -0.3 is 5.32 Å². The third kappa shape index (κ3) is 3.72. The molecule has 1 N–H and O–H groups in total. The van der Waals surface area contributed by atoms with Crippen LogP contribution in [0.4, 0.5) is 10.2 Å². The molecule has 6 nitrogen and oxygen atoms in total. The Morgan fingerprint density at radius 1 is 0.938 bits per heavy atom. The molecule has 0 aliphatic heterocycles. The lowest BCUT2D eigenvalue weighted by Gasteiger charge is -2.09. The maximum Gasteiger partial charge on any atom is 0.256 e. The fourth-order valence-corrected chi connectivity index (χ4v) is 3.61. The minimum atomic E-state index is -0.473. The number of amides is 1. The lowest BCUT2D eigenvalue weighted by Crippen LogP contribution is -2.13. The van der Waals surface area contributed by atoms with E-state index in [0.717, 1.165) is 28.1 Å². The van der Waals surface area contributed by atoms with Crippen LogP contribution >= 0.6 is 0 Å². The van der Waals surface area contributed by atoms with Crippen molar-refractivity contribution in [3.8, 4) is 22.5 Å². The van der Waals surface area contributed by atoms with Crippen LogP contribution in [-0.2, 0) is 0 Å². The van der Waals surface area contributed by atoms with Crippen molar-refractivity contribution in [1.82, 2.24) is 19.6 Å². The van der Waals surface area contributed by atoms with Crippen molar-refractivity contribution in [2.24, 2.45) is 0 Å². The molecule has 3 aromatic heterocycles. The Balaban J connectivity index is 1.59. The van der Waals surface area contributed by atoms with E-state index in [9.17, 15) is 9.18 Å². The van der Waals surface area contributed by atoms with E-state index in [0.29, 0.717) is 11.5 Å². The van der Waals surface area contributed by atoms with E-state index in [1.54, 1.807) is 29.0 Å². The zero-order valence-corrected chi connectivity index (χ0v) is 17.2. The molecule has 5 rings (SSSR count). The summed E-state index contributed by atoms with van der Waals surface area (Å²) in [7, 11) is 0. The number of aryl methyl sites for hydroxylation is 1. The van der Waals surface area contributed by atoms with Gasteiger partial charge in [-0.2, -0.15) is 5.10 Å². The number of rotatable bonds is 4. The Morgan fingerprint density at radius 2 is 1.81 bits per heavy atom. The molecule has 0 aliphatic rings. The zero-order valence-electron chi connectivity index (χ0n) is 17.2. The minimum Gasteiger partial charge on any atom is -0.307 e. The van der Waals surface area contributed by atoms with E-state index in [2.05, 4.69) is 21.5 Å². The Bertz CT molecular complexity index is 1460. The lowest BCUT2D eigenvalue weighted by atomic mass is 10.0. The molecule has 0 radical (unpaired) electrons. The van der Waals surface area contributed by atoms with Crippen LogP contribution in [0.2, 0.25) is 0 Å². The largest absolute Gasteiger partial charge is 0.307 e. The molecule has 3 heterocycles. The van der Waals surface area contributed by atoms with Gasteiger partial charge in [-0.25, -0.2) is 18.9 Å². The van der Waals surface area contributed by atoms with Crippen LogP contribution in [0.15, 0.2) is 85.2 Å². The summed E-state index contributed by atoms with van der Waals surface area (Å²) in [4.78, 5) is 21.6. The van der Waals surface area contributed by atoms with Crippen LogP contribution in [-0.4, -0.2) is 25.5 Å². The average Bonchev–Trinajstić information content (AvgIpc) is 3.19. The standard InChI is InChI=1S/C25H18FN5O/c1-16-5-2-6-17(13-16)23-24(31-22(30-23)9-4-11-28-31)18-10-12-27-21(15-18)29-25(32)19-7-3-8-20(26)14-19/h2-15H,1H3,(H,27,29,32). The normalized spacial score (nSPS) is 10.9. The van der Waals surface area contributed by atoms with Gasteiger partial charge >= 0.3 is 0 Å². The number of benzene rings is 2. The molecule has 1 amide bonds. The van der Waals surface area contributed by atoms with Gasteiger partial charge in [0.15, 0.2) is 5.65 Å². The Labute approximate surface area is 183 Å². The number of nitrogens with zero attached hydrogens (tertiary/aromatic N) is 4. The first kappa shape index (κ1) is 19.6. The summed E-state index contributed by atoms with van der Waals surface area (Å²) in [5.74, 6) is -0.568. The second-order valence-electron chi connectivity index (χ2n) is 7.37. The number of fused-ring (bicyclic) bond motifs is 1. The molecule has 5 aromatic rings. The number of anilines is 1. The summed E-state index contributed by atoms with van der Waals surface area (Å²) in [5, 5.41) is 7.22. The van der Waals surface area contributed by atoms with Crippen LogP contribution < -0.4 is 5.32 Å². The molecular formula is C25H18FN5O. The van der Waals surface area contributed by atoms with Crippen LogP contribution in [0.5, 0.6) is 0 Å². The second kappa shape index (κ2) is 8.03. The topological polar surface area (TPSA) is 72.2 Å². The molecule has 7 heteroatoms. The predicted molar refractivity (Wildman–Crippen MR) is 121 cm³/mol. The number of carbonyl (C=O) groups excluding carboxylic acids is 1. The molecule has 32 heavy (non-hydrogen) atoms. The molecule has 0 aliphatic carbocycles. The number of halogens is 1. The SMILES string of the molecule is Cc1cccc(-c2nc3cccnn3c2-c2ccnc(NC(=O)c3cccc(F)c3)c2)c1. The van der Waals surface area contributed by atoms with Gasteiger partial charge in [0.1, 0.15) is 17.3 Å². The molecule has 156 valence electrons. The van der Waals surface area contributed by atoms with Gasteiger partial charge in [0.25, 0.3) is 5.91 Å². The van der Waals surface area contributed by atoms with Gasteiger partial charge in [-0.05, 0) is 55.5 Å². The van der Waals surface area contributed by atoms with Gasteiger partial charge in [0, 0.05) is 29.1 Å². The Morgan fingerprint density at radius 3 is 2.66 bits per heavy atom. The van der Waals surface area contributed by atoms with E-state index < -0.39 is 11.7 Å². The molecule has 0 bridgehead atoms. The maximum atomic E-state index is 13.5. The van der Waals surface area contributed by atoms with E-state index in [1.165, 1.54) is 18.2 Å². The van der Waals surface area contributed by atoms with E-state index in [4.69, 9.17) is 4.98 Å². The highest BCUT2D eigenvalue weighted by Gasteiger charge is 2.18. The van der Waals surface area contributed by atoms with Gasteiger partial charge in [-0.3, -0.25) is 4.79 Å². The van der Waals surface area contributed by atoms with Crippen molar-refractivity contribution >= 4 is 17.4 Å². The molecule has 0 spiro atoms. The molecular weight excluding hydrogens is 405 g/mol. The summed E-state index contributed by atoms with van der Waals surface area (Å²) in [5.41, 5.74) is 5.37. The van der Waals surface area contributed by atoms with Crippen LogP contribution in [0.3, 0.4) is 0 Å². The molecule has 0 unspecified atom stereocenters. The number of imidazole rings is 1. The highest BCUT2D eigenvalue weighted by Crippen LogP contribution is 2.33. The Hall–Kier alpha value is -4.39. The molecule has 0 saturated carbocycles. The van der Waals surface area contributed by atoms with E-state index >= 15 is 0 Å². The van der Waals surface area contributed by atoms with Crippen molar-refractivity contribution in [2.75, 3.05) is 5.32 Å². The number of pyridine rings is 1. The highest BCUT2D eigenvalue weighted by molar-refractivity contribution is 6.04. The van der Waals surface area contributed by atoms with Gasteiger partial charge in [0.05, 0.1) is 5.69 Å². The molecule has 2 aromatic carbocycles. The molecule has 0 atom stereocenters. The number of hydrogen-bond acceptors (Lipinski definition) is 4. The number of carbonyl (C=O) groups is 1. The fourth-order valence-electron chi connectivity index (χ4n) is 3.61. The van der Waals surface area contributed by atoms with Crippen molar-refractivity contribution < 1.29 is 9.18 Å². The quantitative estimate of drug-likeness (QED) is 0.434. The third-order valence-corrected chi connectivity index (χ3v) is 5.05. The second-order valence-corrected chi connectivity index (χ2v) is 7.37. The fraction of sp³-hybridized carbons (Fsp3) is 0.0400. The summed E-state index contributed by atoms with van der Waals surface area (Å²) >= 11 is 0.